The molecule has 0 radical (unpaired) electrons. The number of methoxy groups -OCH3 is 1. The van der Waals surface area contributed by atoms with Gasteiger partial charge in [-0.1, -0.05) is 36.5 Å². The van der Waals surface area contributed by atoms with Gasteiger partial charge in [0, 0.05) is 11.1 Å². The van der Waals surface area contributed by atoms with Crippen LogP contribution in [-0.2, 0) is 6.42 Å². The van der Waals surface area contributed by atoms with E-state index in [0.29, 0.717) is 16.1 Å². The Bertz CT molecular complexity index is 547. The maximum Gasteiger partial charge on any atom is 0.162 e. The molecule has 0 aliphatic heterocycles. The Morgan fingerprint density at radius 2 is 1.63 bits per heavy atom. The molecule has 0 unspecified atom stereocenters. The Balaban J connectivity index is 2.39. The van der Waals surface area contributed by atoms with Crippen LogP contribution in [0.2, 0.25) is 10.3 Å². The summed E-state index contributed by atoms with van der Waals surface area (Å²) in [4.78, 5) is 8.61. The number of benzene rings is 1. The number of nitrogens with zero attached hydrogens (tertiary/aromatic N) is 2. The first-order valence-corrected chi connectivity index (χ1v) is 6.77. The van der Waals surface area contributed by atoms with Crippen molar-refractivity contribution in [2.24, 2.45) is 0 Å². The van der Waals surface area contributed by atoms with Crippen molar-refractivity contribution in [3.63, 3.8) is 0 Å². The molecule has 19 heavy (non-hydrogen) atoms. The summed E-state index contributed by atoms with van der Waals surface area (Å²) in [7, 11) is 1.62. The van der Waals surface area contributed by atoms with Crippen LogP contribution in [0.1, 0.15) is 18.9 Å². The van der Waals surface area contributed by atoms with E-state index in [1.54, 1.807) is 7.11 Å². The quantitative estimate of drug-likeness (QED) is 0.784. The smallest absolute Gasteiger partial charge is 0.162 e. The molecule has 3 nitrogen and oxygen atoms in total. The van der Waals surface area contributed by atoms with Crippen LogP contribution in [0.5, 0.6) is 5.75 Å². The van der Waals surface area contributed by atoms with Gasteiger partial charge in [-0.15, -0.1) is 0 Å². The monoisotopic (exact) mass is 296 g/mol. The van der Waals surface area contributed by atoms with Gasteiger partial charge in [-0.05, 0) is 30.7 Å². The topological polar surface area (TPSA) is 35.0 Å². The van der Waals surface area contributed by atoms with E-state index in [1.165, 1.54) is 0 Å². The molecule has 0 amide bonds. The van der Waals surface area contributed by atoms with E-state index < -0.39 is 0 Å². The van der Waals surface area contributed by atoms with E-state index >= 15 is 0 Å². The second-order valence-electron chi connectivity index (χ2n) is 4.09. The van der Waals surface area contributed by atoms with Gasteiger partial charge in [0.1, 0.15) is 16.1 Å². The molecule has 100 valence electrons. The lowest BCUT2D eigenvalue weighted by Gasteiger charge is -2.08. The van der Waals surface area contributed by atoms with Crippen molar-refractivity contribution >= 4 is 23.2 Å². The van der Waals surface area contributed by atoms with Crippen molar-refractivity contribution in [1.82, 2.24) is 9.97 Å². The molecule has 0 atom stereocenters. The zero-order chi connectivity index (χ0) is 13.8. The number of aromatic nitrogens is 2. The Morgan fingerprint density at radius 1 is 1.05 bits per heavy atom. The van der Waals surface area contributed by atoms with E-state index in [1.807, 2.05) is 24.3 Å². The summed E-state index contributed by atoms with van der Waals surface area (Å²) in [6, 6.07) is 7.45. The van der Waals surface area contributed by atoms with Gasteiger partial charge in [0.25, 0.3) is 0 Å². The van der Waals surface area contributed by atoms with Gasteiger partial charge in [-0.2, -0.15) is 0 Å². The Hall–Kier alpha value is -1.32. The van der Waals surface area contributed by atoms with Gasteiger partial charge in [0.15, 0.2) is 5.82 Å². The third-order valence-corrected chi connectivity index (χ3v) is 3.38. The molecule has 2 aromatic rings. The second-order valence-corrected chi connectivity index (χ2v) is 4.80. The lowest BCUT2D eigenvalue weighted by Crippen LogP contribution is -1.97. The highest BCUT2D eigenvalue weighted by atomic mass is 35.5. The summed E-state index contributed by atoms with van der Waals surface area (Å²) in [5.74, 6) is 1.31. The average Bonchev–Trinajstić information content (AvgIpc) is 2.43. The van der Waals surface area contributed by atoms with Gasteiger partial charge in [-0.3, -0.25) is 0 Å². The van der Waals surface area contributed by atoms with Gasteiger partial charge in [-0.25, -0.2) is 9.97 Å². The Labute approximate surface area is 122 Å². The third-order valence-electron chi connectivity index (χ3n) is 2.75. The molecule has 0 saturated carbocycles. The molecular weight excluding hydrogens is 283 g/mol. The summed E-state index contributed by atoms with van der Waals surface area (Å²) < 4.78 is 5.11. The zero-order valence-electron chi connectivity index (χ0n) is 10.8. The van der Waals surface area contributed by atoms with Crippen molar-refractivity contribution in [2.75, 3.05) is 7.11 Å². The molecule has 0 fully saturated rings. The van der Waals surface area contributed by atoms with Crippen LogP contribution in [0, 0.1) is 0 Å². The SMILES string of the molecule is CCCc1c(Cl)nc(-c2ccc(OC)cc2)nc1Cl. The Morgan fingerprint density at radius 3 is 2.11 bits per heavy atom. The van der Waals surface area contributed by atoms with Crippen molar-refractivity contribution in [3.8, 4) is 17.1 Å². The van der Waals surface area contributed by atoms with Crippen LogP contribution in [0.15, 0.2) is 24.3 Å². The molecule has 1 aromatic carbocycles. The third kappa shape index (κ3) is 3.17. The molecule has 0 N–H and O–H groups in total. The molecular formula is C14H14Cl2N2O. The predicted octanol–water partition coefficient (Wildman–Crippen LogP) is 4.41. The lowest BCUT2D eigenvalue weighted by atomic mass is 10.2. The fourth-order valence-corrected chi connectivity index (χ4v) is 2.33. The van der Waals surface area contributed by atoms with E-state index in [2.05, 4.69) is 16.9 Å². The van der Waals surface area contributed by atoms with E-state index in [-0.39, 0.29) is 0 Å². The molecule has 0 aliphatic rings. The van der Waals surface area contributed by atoms with Gasteiger partial charge in [0.2, 0.25) is 0 Å². The van der Waals surface area contributed by atoms with E-state index in [4.69, 9.17) is 27.9 Å². The molecule has 0 bridgehead atoms. The summed E-state index contributed by atoms with van der Waals surface area (Å²) in [6.07, 6.45) is 1.73. The summed E-state index contributed by atoms with van der Waals surface area (Å²) >= 11 is 12.3. The first-order valence-electron chi connectivity index (χ1n) is 6.02. The molecule has 0 spiro atoms. The largest absolute Gasteiger partial charge is 0.497 e. The molecule has 0 aliphatic carbocycles. The fraction of sp³-hybridized carbons (Fsp3) is 0.286. The zero-order valence-corrected chi connectivity index (χ0v) is 12.3. The Kier molecular flexibility index (Phi) is 4.61. The average molecular weight is 297 g/mol. The maximum atomic E-state index is 6.16. The number of hydrogen-bond donors (Lipinski definition) is 0. The normalized spacial score (nSPS) is 10.5. The maximum absolute atomic E-state index is 6.16. The summed E-state index contributed by atoms with van der Waals surface area (Å²) in [6.45, 7) is 2.06. The molecule has 0 saturated heterocycles. The van der Waals surface area contributed by atoms with Crippen LogP contribution < -0.4 is 4.74 Å². The number of rotatable bonds is 4. The molecule has 2 rings (SSSR count). The standard InChI is InChI=1S/C14H14Cl2N2O/c1-3-4-11-12(15)17-14(18-13(11)16)9-5-7-10(19-2)8-6-9/h5-8H,3-4H2,1-2H3. The summed E-state index contributed by atoms with van der Waals surface area (Å²) in [5.41, 5.74) is 1.66. The first-order chi connectivity index (χ1) is 9.15. The summed E-state index contributed by atoms with van der Waals surface area (Å²) in [5, 5.41) is 0.848. The minimum absolute atomic E-state index is 0.424. The van der Waals surface area contributed by atoms with Crippen LogP contribution >= 0.6 is 23.2 Å². The molecule has 1 heterocycles. The van der Waals surface area contributed by atoms with Crippen LogP contribution in [0.25, 0.3) is 11.4 Å². The van der Waals surface area contributed by atoms with Crippen LogP contribution in [0.3, 0.4) is 0 Å². The predicted molar refractivity (Wildman–Crippen MR) is 78.0 cm³/mol. The molecule has 5 heteroatoms. The van der Waals surface area contributed by atoms with Crippen LogP contribution in [-0.4, -0.2) is 17.1 Å². The van der Waals surface area contributed by atoms with Gasteiger partial charge < -0.3 is 4.74 Å². The van der Waals surface area contributed by atoms with E-state index in [0.717, 1.165) is 29.7 Å². The fourth-order valence-electron chi connectivity index (χ4n) is 1.76. The van der Waals surface area contributed by atoms with E-state index in [9.17, 15) is 0 Å². The minimum Gasteiger partial charge on any atom is -0.497 e. The van der Waals surface area contributed by atoms with Gasteiger partial charge >= 0.3 is 0 Å². The molecule has 1 aromatic heterocycles. The van der Waals surface area contributed by atoms with Crippen LogP contribution in [0.4, 0.5) is 0 Å². The van der Waals surface area contributed by atoms with Crippen molar-refractivity contribution in [3.05, 3.63) is 40.1 Å². The number of halogens is 2. The highest BCUT2D eigenvalue weighted by Crippen LogP contribution is 2.27. The number of hydrogen-bond acceptors (Lipinski definition) is 3. The highest BCUT2D eigenvalue weighted by molar-refractivity contribution is 6.34. The van der Waals surface area contributed by atoms with Crippen molar-refractivity contribution in [2.45, 2.75) is 19.8 Å². The minimum atomic E-state index is 0.424. The first kappa shape index (κ1) is 14.1. The second kappa shape index (κ2) is 6.22. The van der Waals surface area contributed by atoms with Crippen molar-refractivity contribution < 1.29 is 4.74 Å². The lowest BCUT2D eigenvalue weighted by molar-refractivity contribution is 0.415. The highest BCUT2D eigenvalue weighted by Gasteiger charge is 2.12. The van der Waals surface area contributed by atoms with Gasteiger partial charge in [0.05, 0.1) is 7.11 Å². The number of ether oxygens (including phenoxy) is 1. The van der Waals surface area contributed by atoms with Crippen molar-refractivity contribution in [1.29, 1.82) is 0 Å².